The Labute approximate surface area is 163 Å². The fourth-order valence-corrected chi connectivity index (χ4v) is 4.67. The van der Waals surface area contributed by atoms with Crippen molar-refractivity contribution < 1.29 is 14.4 Å². The van der Waals surface area contributed by atoms with Crippen molar-refractivity contribution in [3.63, 3.8) is 0 Å². The maximum atomic E-state index is 12.9. The van der Waals surface area contributed by atoms with Gasteiger partial charge in [-0.25, -0.2) is 0 Å². The van der Waals surface area contributed by atoms with Gasteiger partial charge in [-0.2, -0.15) is 0 Å². The number of thiophene rings is 1. The zero-order chi connectivity index (χ0) is 19.2. The van der Waals surface area contributed by atoms with Crippen molar-refractivity contribution in [2.75, 3.05) is 19.6 Å². The molecule has 1 aromatic rings. The van der Waals surface area contributed by atoms with Crippen molar-refractivity contribution in [3.05, 3.63) is 22.4 Å². The molecule has 2 heterocycles. The molecule has 4 N–H and O–H groups in total. The first-order valence-corrected chi connectivity index (χ1v) is 10.6. The molecular formula is C19H28N4O3S. The number of rotatable bonds is 6. The Kier molecular flexibility index (Phi) is 6.84. The lowest BCUT2D eigenvalue weighted by atomic mass is 9.84. The molecule has 2 aliphatic rings. The minimum Gasteiger partial charge on any atom is -0.368 e. The molecular weight excluding hydrogens is 364 g/mol. The third-order valence-electron chi connectivity index (χ3n) is 5.49. The molecule has 0 aromatic carbocycles. The number of carbonyl (C=O) groups excluding carboxylic acids is 3. The number of nitrogens with two attached hydrogens (primary N) is 1. The smallest absolute Gasteiger partial charge is 0.264 e. The number of amides is 3. The largest absolute Gasteiger partial charge is 0.368 e. The van der Waals surface area contributed by atoms with Crippen molar-refractivity contribution in [2.45, 2.75) is 50.6 Å². The maximum absolute atomic E-state index is 12.9. The first-order chi connectivity index (χ1) is 13.1. The highest BCUT2D eigenvalue weighted by molar-refractivity contribution is 7.12. The molecule has 3 rings (SSSR count). The minimum absolute atomic E-state index is 0.144. The van der Waals surface area contributed by atoms with E-state index >= 15 is 0 Å². The SMILES string of the molecule is NC(=O)[C@H](CC1CCCCC1)NC(=O)[C@H]1CNCCN1C(=O)c1cccs1. The van der Waals surface area contributed by atoms with Crippen molar-refractivity contribution >= 4 is 29.1 Å². The summed E-state index contributed by atoms with van der Waals surface area (Å²) in [4.78, 5) is 39.8. The lowest BCUT2D eigenvalue weighted by Gasteiger charge is -2.36. The summed E-state index contributed by atoms with van der Waals surface area (Å²) in [6, 6.07) is 2.27. The van der Waals surface area contributed by atoms with Gasteiger partial charge >= 0.3 is 0 Å². The zero-order valence-corrected chi connectivity index (χ0v) is 16.3. The van der Waals surface area contributed by atoms with Crippen LogP contribution in [0.3, 0.4) is 0 Å². The summed E-state index contributed by atoms with van der Waals surface area (Å²) in [6.07, 6.45) is 6.30. The van der Waals surface area contributed by atoms with Crippen LogP contribution in [0.25, 0.3) is 0 Å². The molecule has 1 aliphatic carbocycles. The molecule has 0 radical (unpaired) electrons. The molecule has 1 aromatic heterocycles. The van der Waals surface area contributed by atoms with Crippen LogP contribution in [0.4, 0.5) is 0 Å². The van der Waals surface area contributed by atoms with Crippen LogP contribution < -0.4 is 16.4 Å². The van der Waals surface area contributed by atoms with Gasteiger partial charge in [0.1, 0.15) is 12.1 Å². The van der Waals surface area contributed by atoms with Gasteiger partial charge in [-0.3, -0.25) is 14.4 Å². The van der Waals surface area contributed by atoms with E-state index in [1.807, 2.05) is 11.4 Å². The minimum atomic E-state index is -0.679. The van der Waals surface area contributed by atoms with Crippen LogP contribution in [-0.2, 0) is 9.59 Å². The highest BCUT2D eigenvalue weighted by atomic mass is 32.1. The van der Waals surface area contributed by atoms with E-state index in [0.717, 1.165) is 12.8 Å². The molecule has 2 fully saturated rings. The number of hydrogen-bond acceptors (Lipinski definition) is 5. The van der Waals surface area contributed by atoms with Crippen LogP contribution in [0.15, 0.2) is 17.5 Å². The Bertz CT molecular complexity index is 658. The lowest BCUT2D eigenvalue weighted by molar-refractivity contribution is -0.131. The summed E-state index contributed by atoms with van der Waals surface area (Å²) in [6.45, 7) is 1.47. The zero-order valence-electron chi connectivity index (χ0n) is 15.5. The van der Waals surface area contributed by atoms with Gasteiger partial charge in [0.05, 0.1) is 4.88 Å². The molecule has 148 valence electrons. The van der Waals surface area contributed by atoms with Crippen LogP contribution in [0, 0.1) is 5.92 Å². The lowest BCUT2D eigenvalue weighted by Crippen LogP contribution is -2.61. The van der Waals surface area contributed by atoms with Crippen LogP contribution in [0.2, 0.25) is 0 Å². The first kappa shape index (κ1) is 19.8. The fourth-order valence-electron chi connectivity index (χ4n) is 3.99. The third-order valence-corrected chi connectivity index (χ3v) is 6.35. The number of primary amides is 1. The van der Waals surface area contributed by atoms with E-state index < -0.39 is 18.0 Å². The predicted molar refractivity (Wildman–Crippen MR) is 104 cm³/mol. The molecule has 8 heteroatoms. The molecule has 3 amide bonds. The van der Waals surface area contributed by atoms with Gasteiger partial charge in [0.25, 0.3) is 5.91 Å². The Morgan fingerprint density at radius 3 is 2.74 bits per heavy atom. The average Bonchev–Trinajstić information content (AvgIpc) is 3.22. The van der Waals surface area contributed by atoms with Crippen molar-refractivity contribution in [3.8, 4) is 0 Å². The van der Waals surface area contributed by atoms with E-state index in [9.17, 15) is 14.4 Å². The highest BCUT2D eigenvalue weighted by Gasteiger charge is 2.35. The summed E-state index contributed by atoms with van der Waals surface area (Å²) >= 11 is 1.36. The molecule has 1 saturated carbocycles. The highest BCUT2D eigenvalue weighted by Crippen LogP contribution is 2.27. The van der Waals surface area contributed by atoms with Crippen molar-refractivity contribution in [1.82, 2.24) is 15.5 Å². The fraction of sp³-hybridized carbons (Fsp3) is 0.632. The molecule has 27 heavy (non-hydrogen) atoms. The molecule has 2 atom stereocenters. The predicted octanol–water partition coefficient (Wildman–Crippen LogP) is 1.10. The van der Waals surface area contributed by atoms with Gasteiger partial charge in [0.15, 0.2) is 0 Å². The molecule has 0 unspecified atom stereocenters. The summed E-state index contributed by atoms with van der Waals surface area (Å²) in [5.41, 5.74) is 5.56. The number of piperazine rings is 1. The normalized spacial score (nSPS) is 22.2. The Morgan fingerprint density at radius 1 is 1.30 bits per heavy atom. The van der Waals surface area contributed by atoms with Gasteiger partial charge in [0, 0.05) is 19.6 Å². The number of carbonyl (C=O) groups is 3. The number of nitrogens with one attached hydrogen (secondary N) is 2. The van der Waals surface area contributed by atoms with Crippen LogP contribution >= 0.6 is 11.3 Å². The number of hydrogen-bond donors (Lipinski definition) is 3. The Hall–Kier alpha value is -1.93. The summed E-state index contributed by atoms with van der Waals surface area (Å²) in [5, 5.41) is 7.83. The van der Waals surface area contributed by atoms with E-state index in [1.165, 1.54) is 30.6 Å². The second-order valence-electron chi connectivity index (χ2n) is 7.40. The quantitative estimate of drug-likeness (QED) is 0.674. The van der Waals surface area contributed by atoms with E-state index in [-0.39, 0.29) is 11.8 Å². The summed E-state index contributed by atoms with van der Waals surface area (Å²) in [7, 11) is 0. The van der Waals surface area contributed by atoms with Gasteiger partial charge in [-0.1, -0.05) is 38.2 Å². The van der Waals surface area contributed by atoms with Gasteiger partial charge in [0.2, 0.25) is 11.8 Å². The Morgan fingerprint density at radius 2 is 2.07 bits per heavy atom. The van der Waals surface area contributed by atoms with Crippen LogP contribution in [0.5, 0.6) is 0 Å². The van der Waals surface area contributed by atoms with Crippen LogP contribution in [0.1, 0.15) is 48.2 Å². The number of nitrogens with zero attached hydrogens (tertiary/aromatic N) is 1. The monoisotopic (exact) mass is 392 g/mol. The van der Waals surface area contributed by atoms with Gasteiger partial charge in [-0.05, 0) is 23.8 Å². The second kappa shape index (κ2) is 9.32. The molecule has 0 bridgehead atoms. The van der Waals surface area contributed by atoms with E-state index in [0.29, 0.717) is 36.9 Å². The van der Waals surface area contributed by atoms with E-state index in [4.69, 9.17) is 5.73 Å². The standard InChI is InChI=1S/C19H28N4O3S/c20-17(24)14(11-13-5-2-1-3-6-13)22-18(25)15-12-21-8-9-23(15)19(26)16-7-4-10-27-16/h4,7,10,13-15,21H,1-3,5-6,8-9,11-12H2,(H2,20,24)(H,22,25)/t14-,15+/m0/s1. The molecule has 1 aliphatic heterocycles. The third kappa shape index (κ3) is 5.07. The van der Waals surface area contributed by atoms with Crippen molar-refractivity contribution in [2.24, 2.45) is 11.7 Å². The molecule has 1 saturated heterocycles. The van der Waals surface area contributed by atoms with E-state index in [1.54, 1.807) is 11.0 Å². The molecule has 7 nitrogen and oxygen atoms in total. The Balaban J connectivity index is 1.65. The van der Waals surface area contributed by atoms with Gasteiger partial charge in [-0.15, -0.1) is 11.3 Å². The maximum Gasteiger partial charge on any atom is 0.264 e. The first-order valence-electron chi connectivity index (χ1n) is 9.71. The van der Waals surface area contributed by atoms with Crippen molar-refractivity contribution in [1.29, 1.82) is 0 Å². The summed E-state index contributed by atoms with van der Waals surface area (Å²) in [5.74, 6) is -0.542. The molecule has 0 spiro atoms. The topological polar surface area (TPSA) is 105 Å². The van der Waals surface area contributed by atoms with Gasteiger partial charge < -0.3 is 21.3 Å². The van der Waals surface area contributed by atoms with E-state index in [2.05, 4.69) is 10.6 Å². The second-order valence-corrected chi connectivity index (χ2v) is 8.35. The van der Waals surface area contributed by atoms with Crippen LogP contribution in [-0.4, -0.2) is 54.3 Å². The average molecular weight is 393 g/mol. The summed E-state index contributed by atoms with van der Waals surface area (Å²) < 4.78 is 0.